The standard InChI is InChI=1S/C54H36/c1-32-12-2-3-13-33(32)17-8-23-43-47-30-45-41-21-9-18-35-19-10-22-42(50(35)41)46(45)31-48(47)51(38-27-26-34-14-4-5-15-36(34)28-38)54-49-29-37-16-6-7-20-39(37)40-24-11-25-44(52(40)49)53(43)54/h2-5,7-15,17-22,24-31H,6,16,23H2,1H3. The largest absolute Gasteiger partial charge is 0.0836 e. The summed E-state index contributed by atoms with van der Waals surface area (Å²) in [4.78, 5) is 0. The van der Waals surface area contributed by atoms with E-state index in [2.05, 4.69) is 171 Å². The zero-order valence-electron chi connectivity index (χ0n) is 30.2. The first-order valence-electron chi connectivity index (χ1n) is 19.4. The van der Waals surface area contributed by atoms with Crippen molar-refractivity contribution in [3.8, 4) is 11.1 Å². The van der Waals surface area contributed by atoms with E-state index < -0.39 is 0 Å². The van der Waals surface area contributed by atoms with Crippen molar-refractivity contribution in [1.82, 2.24) is 0 Å². The van der Waals surface area contributed by atoms with Gasteiger partial charge in [-0.25, -0.2) is 0 Å². The van der Waals surface area contributed by atoms with Crippen LogP contribution in [0.25, 0.3) is 109 Å². The SMILES string of the molecule is Cc1ccccc1C=CCc1c2cc3c(cc2c(-c2ccc4ccccc4c2)c2c4cc5c(c6cccc(c12)c64)C=CCC5)c1cccc2cccc3c21. The lowest BCUT2D eigenvalue weighted by Gasteiger charge is -2.17. The number of aryl methyl sites for hydroxylation is 2. The Labute approximate surface area is 313 Å². The zero-order valence-corrected chi connectivity index (χ0v) is 30.2. The fraction of sp³-hybridized carbons (Fsp3) is 0.0741. The number of allylic oxidation sites excluding steroid dienone is 2. The molecule has 11 aromatic carbocycles. The first kappa shape index (κ1) is 30.0. The maximum Gasteiger partial charge on any atom is -0.00107 e. The van der Waals surface area contributed by atoms with Crippen LogP contribution in [0.4, 0.5) is 0 Å². The van der Waals surface area contributed by atoms with Gasteiger partial charge in [0.05, 0.1) is 0 Å². The summed E-state index contributed by atoms with van der Waals surface area (Å²) in [7, 11) is 0. The molecule has 252 valence electrons. The Morgan fingerprint density at radius 2 is 1.22 bits per heavy atom. The van der Waals surface area contributed by atoms with Crippen LogP contribution in [-0.4, -0.2) is 0 Å². The molecule has 0 heteroatoms. The van der Waals surface area contributed by atoms with E-state index in [0.717, 1.165) is 19.3 Å². The first-order valence-corrected chi connectivity index (χ1v) is 19.4. The Morgan fingerprint density at radius 1 is 0.500 bits per heavy atom. The van der Waals surface area contributed by atoms with Crippen molar-refractivity contribution in [2.45, 2.75) is 26.2 Å². The van der Waals surface area contributed by atoms with Crippen LogP contribution in [0.1, 0.15) is 34.2 Å². The molecular formula is C54H36. The van der Waals surface area contributed by atoms with E-state index in [1.807, 2.05) is 0 Å². The van der Waals surface area contributed by atoms with Crippen LogP contribution in [0, 0.1) is 6.92 Å². The summed E-state index contributed by atoms with van der Waals surface area (Å²) in [6.07, 6.45) is 12.5. The van der Waals surface area contributed by atoms with Gasteiger partial charge in [0, 0.05) is 0 Å². The second-order valence-corrected chi connectivity index (χ2v) is 15.4. The topological polar surface area (TPSA) is 0 Å². The maximum absolute atomic E-state index is 2.56. The number of benzene rings is 9. The van der Waals surface area contributed by atoms with Crippen LogP contribution in [0.15, 0.2) is 152 Å². The molecule has 54 heavy (non-hydrogen) atoms. The van der Waals surface area contributed by atoms with E-state index in [4.69, 9.17) is 0 Å². The molecular weight excluding hydrogens is 649 g/mol. The third-order valence-electron chi connectivity index (χ3n) is 12.6. The van der Waals surface area contributed by atoms with Gasteiger partial charge in [0.2, 0.25) is 0 Å². The van der Waals surface area contributed by atoms with Crippen LogP contribution in [0.3, 0.4) is 0 Å². The Hall–Kier alpha value is -6.50. The zero-order chi connectivity index (χ0) is 35.5. The summed E-state index contributed by atoms with van der Waals surface area (Å²) in [6, 6.07) is 53.0. The molecule has 0 nitrogen and oxygen atoms in total. The molecule has 1 aliphatic rings. The van der Waals surface area contributed by atoms with Crippen molar-refractivity contribution < 1.29 is 0 Å². The third-order valence-corrected chi connectivity index (χ3v) is 12.6. The van der Waals surface area contributed by atoms with E-state index in [-0.39, 0.29) is 0 Å². The summed E-state index contributed by atoms with van der Waals surface area (Å²) in [5.74, 6) is 0. The normalized spacial score (nSPS) is 13.4. The van der Waals surface area contributed by atoms with Gasteiger partial charge in [0.15, 0.2) is 0 Å². The summed E-state index contributed by atoms with van der Waals surface area (Å²) in [5.41, 5.74) is 9.49. The molecule has 0 atom stereocenters. The molecule has 0 aromatic heterocycles. The summed E-state index contributed by atoms with van der Waals surface area (Å²) in [6.45, 7) is 2.21. The van der Waals surface area contributed by atoms with Crippen molar-refractivity contribution in [2.75, 3.05) is 0 Å². The predicted molar refractivity (Wildman–Crippen MR) is 236 cm³/mol. The van der Waals surface area contributed by atoms with Crippen LogP contribution < -0.4 is 0 Å². The molecule has 0 unspecified atom stereocenters. The van der Waals surface area contributed by atoms with Gasteiger partial charge in [-0.1, -0.05) is 140 Å². The highest BCUT2D eigenvalue weighted by Gasteiger charge is 2.25. The molecule has 12 rings (SSSR count). The van der Waals surface area contributed by atoms with Crippen molar-refractivity contribution in [3.63, 3.8) is 0 Å². The highest BCUT2D eigenvalue weighted by atomic mass is 14.3. The van der Waals surface area contributed by atoms with Crippen molar-refractivity contribution >= 4 is 98.3 Å². The molecule has 0 aliphatic heterocycles. The van der Waals surface area contributed by atoms with Gasteiger partial charge in [-0.2, -0.15) is 0 Å². The summed E-state index contributed by atoms with van der Waals surface area (Å²) in [5, 5.41) is 21.6. The lowest BCUT2D eigenvalue weighted by atomic mass is 9.86. The molecule has 0 spiro atoms. The Kier molecular flexibility index (Phi) is 6.25. The number of hydrogen-bond donors (Lipinski definition) is 0. The summed E-state index contributed by atoms with van der Waals surface area (Å²) < 4.78 is 0. The molecule has 0 amide bonds. The fourth-order valence-electron chi connectivity index (χ4n) is 10.2. The quantitative estimate of drug-likeness (QED) is 0.173. The molecule has 0 radical (unpaired) electrons. The third kappa shape index (κ3) is 4.14. The van der Waals surface area contributed by atoms with Gasteiger partial charge in [-0.3, -0.25) is 0 Å². The fourth-order valence-corrected chi connectivity index (χ4v) is 10.2. The molecule has 1 aliphatic carbocycles. The first-order chi connectivity index (χ1) is 26.7. The van der Waals surface area contributed by atoms with E-state index >= 15 is 0 Å². The van der Waals surface area contributed by atoms with E-state index in [9.17, 15) is 0 Å². The molecule has 0 bridgehead atoms. The minimum absolute atomic E-state index is 0.838. The molecule has 0 saturated carbocycles. The van der Waals surface area contributed by atoms with Crippen LogP contribution in [-0.2, 0) is 12.8 Å². The van der Waals surface area contributed by atoms with E-state index in [0.29, 0.717) is 0 Å². The minimum atomic E-state index is 0.838. The smallest absolute Gasteiger partial charge is 0.00107 e. The van der Waals surface area contributed by atoms with Crippen LogP contribution in [0.5, 0.6) is 0 Å². The van der Waals surface area contributed by atoms with Gasteiger partial charge in [-0.15, -0.1) is 0 Å². The predicted octanol–water partition coefficient (Wildman–Crippen LogP) is 15.0. The van der Waals surface area contributed by atoms with Gasteiger partial charge >= 0.3 is 0 Å². The van der Waals surface area contributed by atoms with Crippen molar-refractivity contribution in [3.05, 3.63) is 179 Å². The Morgan fingerprint density at radius 3 is 2.07 bits per heavy atom. The van der Waals surface area contributed by atoms with Gasteiger partial charge in [-0.05, 0) is 176 Å². The van der Waals surface area contributed by atoms with Gasteiger partial charge in [0.25, 0.3) is 0 Å². The second kappa shape index (κ2) is 11.3. The van der Waals surface area contributed by atoms with Gasteiger partial charge < -0.3 is 0 Å². The Bertz CT molecular complexity index is 3400. The average Bonchev–Trinajstić information content (AvgIpc) is 3.71. The highest BCUT2D eigenvalue weighted by molar-refractivity contribution is 6.40. The van der Waals surface area contributed by atoms with Crippen LogP contribution >= 0.6 is 0 Å². The minimum Gasteiger partial charge on any atom is -0.0836 e. The molecule has 0 saturated heterocycles. The lowest BCUT2D eigenvalue weighted by molar-refractivity contribution is 0.992. The molecule has 0 heterocycles. The molecule has 0 N–H and O–H groups in total. The molecule has 11 aromatic rings. The lowest BCUT2D eigenvalue weighted by Crippen LogP contribution is -1.95. The Balaban J connectivity index is 1.31. The maximum atomic E-state index is 2.56. The monoisotopic (exact) mass is 684 g/mol. The summed E-state index contributed by atoms with van der Waals surface area (Å²) >= 11 is 0. The van der Waals surface area contributed by atoms with Gasteiger partial charge in [0.1, 0.15) is 0 Å². The van der Waals surface area contributed by atoms with E-state index in [1.165, 1.54) is 125 Å². The number of hydrogen-bond acceptors (Lipinski definition) is 0. The second-order valence-electron chi connectivity index (χ2n) is 15.4. The average molecular weight is 685 g/mol. The number of rotatable bonds is 4. The van der Waals surface area contributed by atoms with Crippen molar-refractivity contribution in [1.29, 1.82) is 0 Å². The van der Waals surface area contributed by atoms with Crippen LogP contribution in [0.2, 0.25) is 0 Å². The van der Waals surface area contributed by atoms with E-state index in [1.54, 1.807) is 0 Å². The number of fused-ring (bicyclic) bond motifs is 10. The molecule has 0 fully saturated rings. The van der Waals surface area contributed by atoms with Crippen molar-refractivity contribution in [2.24, 2.45) is 0 Å². The highest BCUT2D eigenvalue weighted by Crippen LogP contribution is 2.52.